The van der Waals surface area contributed by atoms with Crippen LogP contribution in [0.1, 0.15) is 36.5 Å². The van der Waals surface area contributed by atoms with Crippen molar-refractivity contribution in [3.05, 3.63) is 29.8 Å². The summed E-state index contributed by atoms with van der Waals surface area (Å²) >= 11 is 5.28. The van der Waals surface area contributed by atoms with Gasteiger partial charge in [0, 0.05) is 12.0 Å². The van der Waals surface area contributed by atoms with Crippen molar-refractivity contribution in [2.24, 2.45) is 0 Å². The van der Waals surface area contributed by atoms with E-state index in [0.717, 1.165) is 12.8 Å². The highest BCUT2D eigenvalue weighted by Gasteiger charge is 2.05. The van der Waals surface area contributed by atoms with E-state index in [-0.39, 0.29) is 5.97 Å². The Labute approximate surface area is 99.4 Å². The van der Waals surface area contributed by atoms with Crippen LogP contribution in [0.15, 0.2) is 24.3 Å². The molecule has 1 aromatic carbocycles. The first-order valence-electron chi connectivity index (χ1n) is 5.14. The number of esters is 1. The fourth-order valence-electron chi connectivity index (χ4n) is 1.16. The molecule has 0 saturated carbocycles. The van der Waals surface area contributed by atoms with Crippen LogP contribution in [0.4, 0.5) is 0 Å². The van der Waals surface area contributed by atoms with Crippen LogP contribution >= 0.6 is 11.6 Å². The first kappa shape index (κ1) is 12.7. The predicted molar refractivity (Wildman–Crippen MR) is 61.8 cm³/mol. The molecule has 0 atom stereocenters. The van der Waals surface area contributed by atoms with Crippen LogP contribution < -0.4 is 4.74 Å². The Balaban J connectivity index is 2.55. The van der Waals surface area contributed by atoms with Crippen molar-refractivity contribution in [3.8, 4) is 5.75 Å². The predicted octanol–water partition coefficient (Wildman–Crippen LogP) is 3.16. The topological polar surface area (TPSA) is 43.4 Å². The highest BCUT2D eigenvalue weighted by atomic mass is 35.5. The molecule has 0 aliphatic rings. The first-order chi connectivity index (χ1) is 7.63. The first-order valence-corrected chi connectivity index (χ1v) is 5.52. The van der Waals surface area contributed by atoms with Crippen LogP contribution in [-0.4, -0.2) is 11.2 Å². The summed E-state index contributed by atoms with van der Waals surface area (Å²) in [7, 11) is 0. The highest BCUT2D eigenvalue weighted by Crippen LogP contribution is 2.14. The van der Waals surface area contributed by atoms with E-state index in [0.29, 0.717) is 17.7 Å². The molecule has 0 bridgehead atoms. The van der Waals surface area contributed by atoms with Gasteiger partial charge in [0.1, 0.15) is 5.75 Å². The fraction of sp³-hybridized carbons (Fsp3) is 0.333. The van der Waals surface area contributed by atoms with E-state index in [2.05, 4.69) is 0 Å². The van der Waals surface area contributed by atoms with Crippen LogP contribution in [0.25, 0.3) is 0 Å². The molecule has 16 heavy (non-hydrogen) atoms. The second-order valence-corrected chi connectivity index (χ2v) is 3.72. The smallest absolute Gasteiger partial charge is 0.311 e. The molecular weight excluding hydrogens is 228 g/mol. The summed E-state index contributed by atoms with van der Waals surface area (Å²) in [5.41, 5.74) is 0.384. The molecule has 3 nitrogen and oxygen atoms in total. The van der Waals surface area contributed by atoms with Gasteiger partial charge in [-0.1, -0.05) is 13.3 Å². The third-order valence-corrected chi connectivity index (χ3v) is 2.27. The van der Waals surface area contributed by atoms with Crippen molar-refractivity contribution in [1.82, 2.24) is 0 Å². The number of benzene rings is 1. The maximum atomic E-state index is 11.3. The second kappa shape index (κ2) is 6.28. The monoisotopic (exact) mass is 240 g/mol. The van der Waals surface area contributed by atoms with E-state index in [9.17, 15) is 9.59 Å². The number of ether oxygens (including phenoxy) is 1. The van der Waals surface area contributed by atoms with E-state index in [4.69, 9.17) is 16.3 Å². The average Bonchev–Trinajstić information content (AvgIpc) is 2.27. The molecule has 0 N–H and O–H groups in total. The Morgan fingerprint density at radius 2 is 1.88 bits per heavy atom. The van der Waals surface area contributed by atoms with E-state index < -0.39 is 5.24 Å². The van der Waals surface area contributed by atoms with Crippen molar-refractivity contribution >= 4 is 22.8 Å². The van der Waals surface area contributed by atoms with Crippen molar-refractivity contribution in [2.45, 2.75) is 26.2 Å². The van der Waals surface area contributed by atoms with E-state index >= 15 is 0 Å². The molecule has 86 valence electrons. The van der Waals surface area contributed by atoms with E-state index in [1.165, 1.54) is 12.1 Å². The Morgan fingerprint density at radius 1 is 1.25 bits per heavy atom. The zero-order chi connectivity index (χ0) is 12.0. The molecule has 4 heteroatoms. The second-order valence-electron chi connectivity index (χ2n) is 3.38. The van der Waals surface area contributed by atoms with Crippen LogP contribution in [0.3, 0.4) is 0 Å². The molecule has 0 aliphatic heterocycles. The lowest BCUT2D eigenvalue weighted by molar-refractivity contribution is -0.134. The molecule has 0 fully saturated rings. The van der Waals surface area contributed by atoms with Crippen LogP contribution in [-0.2, 0) is 4.79 Å². The van der Waals surface area contributed by atoms with Gasteiger partial charge in [0.2, 0.25) is 0 Å². The van der Waals surface area contributed by atoms with Crippen molar-refractivity contribution in [1.29, 1.82) is 0 Å². The van der Waals surface area contributed by atoms with Gasteiger partial charge in [-0.25, -0.2) is 0 Å². The lowest BCUT2D eigenvalue weighted by atomic mass is 10.2. The number of unbranched alkanes of at least 4 members (excludes halogenated alkanes) is 1. The van der Waals surface area contributed by atoms with Crippen LogP contribution in [0, 0.1) is 0 Å². The van der Waals surface area contributed by atoms with Gasteiger partial charge in [-0.05, 0) is 42.3 Å². The summed E-state index contributed by atoms with van der Waals surface area (Å²) in [4.78, 5) is 22.1. The van der Waals surface area contributed by atoms with Gasteiger partial charge in [-0.15, -0.1) is 0 Å². The van der Waals surface area contributed by atoms with Gasteiger partial charge in [0.25, 0.3) is 5.24 Å². The van der Waals surface area contributed by atoms with Gasteiger partial charge in [0.15, 0.2) is 0 Å². The molecule has 0 radical (unpaired) electrons. The fourth-order valence-corrected chi connectivity index (χ4v) is 1.28. The zero-order valence-corrected chi connectivity index (χ0v) is 9.79. The maximum Gasteiger partial charge on any atom is 0.311 e. The maximum absolute atomic E-state index is 11.3. The molecule has 0 aromatic heterocycles. The Bertz CT molecular complexity index is 370. The van der Waals surface area contributed by atoms with Crippen LogP contribution in [0.5, 0.6) is 5.75 Å². The van der Waals surface area contributed by atoms with Crippen molar-refractivity contribution in [3.63, 3.8) is 0 Å². The number of hydrogen-bond donors (Lipinski definition) is 0. The standard InChI is InChI=1S/C12H13ClO3/c1-2-3-4-11(14)16-10-7-5-9(6-8-10)12(13)15/h5-8H,2-4H2,1H3. The SMILES string of the molecule is CCCCC(=O)Oc1ccc(C(=O)Cl)cc1. The van der Waals surface area contributed by atoms with E-state index in [1.54, 1.807) is 12.1 Å². The molecule has 0 heterocycles. The molecule has 0 aliphatic carbocycles. The Morgan fingerprint density at radius 3 is 2.38 bits per heavy atom. The molecule has 0 spiro atoms. The average molecular weight is 241 g/mol. The van der Waals surface area contributed by atoms with Gasteiger partial charge in [0.05, 0.1) is 0 Å². The minimum absolute atomic E-state index is 0.258. The molecular formula is C12H13ClO3. The normalized spacial score (nSPS) is 9.88. The summed E-state index contributed by atoms with van der Waals surface area (Å²) in [5, 5.41) is -0.524. The third-order valence-electron chi connectivity index (χ3n) is 2.05. The number of hydrogen-bond acceptors (Lipinski definition) is 3. The molecule has 0 amide bonds. The Kier molecular flexibility index (Phi) is 4.99. The lowest BCUT2D eigenvalue weighted by Crippen LogP contribution is -2.07. The highest BCUT2D eigenvalue weighted by molar-refractivity contribution is 6.67. The van der Waals surface area contributed by atoms with Crippen molar-refractivity contribution < 1.29 is 14.3 Å². The van der Waals surface area contributed by atoms with Gasteiger partial charge >= 0.3 is 5.97 Å². The zero-order valence-electron chi connectivity index (χ0n) is 9.03. The summed E-state index contributed by atoms with van der Waals surface area (Å²) in [6.07, 6.45) is 2.18. The largest absolute Gasteiger partial charge is 0.427 e. The third kappa shape index (κ3) is 4.03. The number of carbonyl (C=O) groups excluding carboxylic acids is 2. The lowest BCUT2D eigenvalue weighted by Gasteiger charge is -2.03. The van der Waals surface area contributed by atoms with E-state index in [1.807, 2.05) is 6.92 Å². The number of carbonyl (C=O) groups is 2. The van der Waals surface area contributed by atoms with Gasteiger partial charge < -0.3 is 4.74 Å². The Hall–Kier alpha value is -1.35. The van der Waals surface area contributed by atoms with Gasteiger partial charge in [-0.2, -0.15) is 0 Å². The number of rotatable bonds is 5. The van der Waals surface area contributed by atoms with Gasteiger partial charge in [-0.3, -0.25) is 9.59 Å². The summed E-state index contributed by atoms with van der Waals surface area (Å²) < 4.78 is 5.06. The minimum Gasteiger partial charge on any atom is -0.427 e. The molecule has 0 saturated heterocycles. The molecule has 1 aromatic rings. The molecule has 1 rings (SSSR count). The summed E-state index contributed by atoms with van der Waals surface area (Å²) in [6.45, 7) is 2.01. The number of halogens is 1. The van der Waals surface area contributed by atoms with Crippen LogP contribution in [0.2, 0.25) is 0 Å². The minimum atomic E-state index is -0.524. The van der Waals surface area contributed by atoms with Crippen molar-refractivity contribution in [2.75, 3.05) is 0 Å². The quantitative estimate of drug-likeness (QED) is 0.451. The summed E-state index contributed by atoms with van der Waals surface area (Å²) in [6, 6.07) is 6.16. The molecule has 0 unspecified atom stereocenters. The summed E-state index contributed by atoms with van der Waals surface area (Å²) in [5.74, 6) is 0.176.